The van der Waals surface area contributed by atoms with E-state index >= 15 is 0 Å². The summed E-state index contributed by atoms with van der Waals surface area (Å²) in [7, 11) is 0. The lowest BCUT2D eigenvalue weighted by molar-refractivity contribution is 0.0466. The van der Waals surface area contributed by atoms with E-state index in [0.29, 0.717) is 31.2 Å². The third-order valence-electron chi connectivity index (χ3n) is 7.74. The van der Waals surface area contributed by atoms with Crippen molar-refractivity contribution in [2.45, 2.75) is 83.7 Å². The molecule has 0 heterocycles. The number of allylic oxidation sites excluding steroid dienone is 1. The fourth-order valence-electron chi connectivity index (χ4n) is 5.47. The van der Waals surface area contributed by atoms with E-state index in [9.17, 15) is 17.6 Å². The second kappa shape index (κ2) is 13.5. The minimum atomic E-state index is -0.967. The molecule has 2 aromatic carbocycles. The van der Waals surface area contributed by atoms with Gasteiger partial charge in [-0.05, 0) is 99.5 Å². The van der Waals surface area contributed by atoms with E-state index in [-0.39, 0.29) is 48.2 Å². The molecule has 0 N–H and O–H groups in total. The maximum atomic E-state index is 14.9. The van der Waals surface area contributed by atoms with Gasteiger partial charge in [-0.25, -0.2) is 8.78 Å². The Balaban J connectivity index is 1.30. The fourth-order valence-corrected chi connectivity index (χ4v) is 5.47. The molecule has 0 saturated heterocycles. The molecule has 0 aromatic heterocycles. The van der Waals surface area contributed by atoms with Crippen LogP contribution < -0.4 is 9.47 Å². The summed E-state index contributed by atoms with van der Waals surface area (Å²) in [6.07, 6.45) is 9.16. The van der Waals surface area contributed by atoms with Crippen molar-refractivity contribution in [1.29, 1.82) is 0 Å². The molecule has 0 bridgehead atoms. The molecule has 0 amide bonds. The normalized spacial score (nSPS) is 21.7. The molecule has 3 nitrogen and oxygen atoms in total. The Bertz CT molecular complexity index is 1110. The van der Waals surface area contributed by atoms with Crippen LogP contribution in [0, 0.1) is 29.2 Å². The lowest BCUT2D eigenvalue weighted by Crippen LogP contribution is -2.20. The Morgan fingerprint density at radius 2 is 1.50 bits per heavy atom. The van der Waals surface area contributed by atoms with Crippen molar-refractivity contribution in [2.24, 2.45) is 5.92 Å². The molecule has 0 aliphatic heterocycles. The monoisotopic (exact) mass is 534 g/mol. The third kappa shape index (κ3) is 6.71. The fraction of sp³-hybridized carbons (Fsp3) is 0.548. The van der Waals surface area contributed by atoms with Crippen LogP contribution in [0.25, 0.3) is 5.57 Å². The van der Waals surface area contributed by atoms with Crippen LogP contribution in [0.3, 0.4) is 0 Å². The molecule has 2 aliphatic carbocycles. The van der Waals surface area contributed by atoms with Crippen LogP contribution in [0.2, 0.25) is 0 Å². The molecular weight excluding hydrogens is 496 g/mol. The smallest absolute Gasteiger partial charge is 0.201 e. The van der Waals surface area contributed by atoms with E-state index in [0.717, 1.165) is 44.3 Å². The molecule has 1 saturated carbocycles. The topological polar surface area (TPSA) is 27.7 Å². The molecule has 0 spiro atoms. The minimum absolute atomic E-state index is 0.0727. The lowest BCUT2D eigenvalue weighted by atomic mass is 9.79. The van der Waals surface area contributed by atoms with Crippen LogP contribution in [0.4, 0.5) is 17.6 Å². The van der Waals surface area contributed by atoms with Gasteiger partial charge in [-0.2, -0.15) is 8.78 Å². The summed E-state index contributed by atoms with van der Waals surface area (Å²) in [5.41, 5.74) is 1.46. The Hall–Kier alpha value is -2.54. The molecule has 2 aliphatic rings. The van der Waals surface area contributed by atoms with Crippen molar-refractivity contribution in [3.05, 3.63) is 64.7 Å². The molecular formula is C31H38F4O3. The van der Waals surface area contributed by atoms with Crippen molar-refractivity contribution < 1.29 is 31.8 Å². The Kier molecular flexibility index (Phi) is 10.1. The minimum Gasteiger partial charge on any atom is -0.491 e. The van der Waals surface area contributed by atoms with E-state index in [4.69, 9.17) is 14.2 Å². The van der Waals surface area contributed by atoms with Crippen molar-refractivity contribution >= 4 is 5.57 Å². The maximum absolute atomic E-state index is 14.9. The molecule has 1 unspecified atom stereocenters. The van der Waals surface area contributed by atoms with Gasteiger partial charge in [0.1, 0.15) is 0 Å². The van der Waals surface area contributed by atoms with Gasteiger partial charge in [0, 0.05) is 12.2 Å². The summed E-state index contributed by atoms with van der Waals surface area (Å²) >= 11 is 0. The highest BCUT2D eigenvalue weighted by Crippen LogP contribution is 2.39. The number of hydrogen-bond donors (Lipinski definition) is 0. The number of benzene rings is 2. The number of ether oxygens (including phenoxy) is 3. The molecule has 208 valence electrons. The molecule has 4 rings (SSSR count). The first-order chi connectivity index (χ1) is 18.4. The highest BCUT2D eigenvalue weighted by molar-refractivity contribution is 5.67. The summed E-state index contributed by atoms with van der Waals surface area (Å²) in [6, 6.07) is 6.18. The largest absolute Gasteiger partial charge is 0.491 e. The molecule has 1 fully saturated rings. The van der Waals surface area contributed by atoms with Crippen LogP contribution in [-0.4, -0.2) is 25.9 Å². The predicted molar refractivity (Wildman–Crippen MR) is 141 cm³/mol. The molecule has 1 atom stereocenters. The number of hydrogen-bond acceptors (Lipinski definition) is 3. The number of rotatable bonds is 11. The first-order valence-electron chi connectivity index (χ1n) is 13.9. The molecule has 7 heteroatoms. The van der Waals surface area contributed by atoms with Crippen molar-refractivity contribution in [1.82, 2.24) is 0 Å². The van der Waals surface area contributed by atoms with Gasteiger partial charge >= 0.3 is 0 Å². The van der Waals surface area contributed by atoms with E-state index in [1.807, 2.05) is 6.08 Å². The van der Waals surface area contributed by atoms with Gasteiger partial charge in [0.25, 0.3) is 0 Å². The first kappa shape index (κ1) is 28.5. The SMILES string of the molecule is CCCCOC1CC=C(c2ccc(OCC3CCC(c4ccc(OCC)c(F)c4F)CC3)c(F)c2F)CC1. The van der Waals surface area contributed by atoms with Crippen LogP contribution >= 0.6 is 0 Å². The second-order valence-corrected chi connectivity index (χ2v) is 10.3. The summed E-state index contributed by atoms with van der Waals surface area (Å²) < 4.78 is 75.4. The van der Waals surface area contributed by atoms with Gasteiger partial charge in [-0.3, -0.25) is 0 Å². The van der Waals surface area contributed by atoms with Crippen LogP contribution in [0.5, 0.6) is 11.5 Å². The summed E-state index contributed by atoms with van der Waals surface area (Å²) in [5, 5.41) is 0. The molecule has 0 radical (unpaired) electrons. The van der Waals surface area contributed by atoms with E-state index in [2.05, 4.69) is 6.92 Å². The molecule has 2 aromatic rings. The Labute approximate surface area is 223 Å². The van der Waals surface area contributed by atoms with Gasteiger partial charge in [0.2, 0.25) is 11.6 Å². The van der Waals surface area contributed by atoms with Crippen molar-refractivity contribution in [2.75, 3.05) is 19.8 Å². The first-order valence-corrected chi connectivity index (χ1v) is 13.9. The van der Waals surface area contributed by atoms with E-state index < -0.39 is 23.3 Å². The quantitative estimate of drug-likeness (QED) is 0.213. The van der Waals surface area contributed by atoms with Gasteiger partial charge in [0.05, 0.1) is 19.3 Å². The zero-order valence-electron chi connectivity index (χ0n) is 22.3. The van der Waals surface area contributed by atoms with E-state index in [1.165, 1.54) is 12.1 Å². The standard InChI is InChI=1S/C31H38F4O3/c1-3-5-18-37-23-12-10-22(11-13-23)25-15-17-27(31(35)29(25)33)38-19-20-6-8-21(9-7-20)24-14-16-26(36-4-2)30(34)28(24)32/h10,14-17,20-21,23H,3-9,11-13,18-19H2,1-2H3. The summed E-state index contributed by atoms with van der Waals surface area (Å²) in [6.45, 7) is 5.09. The van der Waals surface area contributed by atoms with Crippen LogP contribution in [-0.2, 0) is 4.74 Å². The number of unbranched alkanes of at least 4 members (excludes halogenated alkanes) is 1. The Morgan fingerprint density at radius 1 is 0.789 bits per heavy atom. The predicted octanol–water partition coefficient (Wildman–Crippen LogP) is 8.75. The lowest BCUT2D eigenvalue weighted by Gasteiger charge is -2.29. The van der Waals surface area contributed by atoms with Gasteiger partial charge in [0.15, 0.2) is 23.1 Å². The average Bonchev–Trinajstić information content (AvgIpc) is 2.93. The second-order valence-electron chi connectivity index (χ2n) is 10.3. The van der Waals surface area contributed by atoms with Gasteiger partial charge in [-0.1, -0.05) is 25.5 Å². The highest BCUT2D eigenvalue weighted by Gasteiger charge is 2.28. The van der Waals surface area contributed by atoms with E-state index in [1.54, 1.807) is 19.1 Å². The maximum Gasteiger partial charge on any atom is 0.201 e. The van der Waals surface area contributed by atoms with Gasteiger partial charge < -0.3 is 14.2 Å². The van der Waals surface area contributed by atoms with Crippen LogP contribution in [0.1, 0.15) is 88.7 Å². The summed E-state index contributed by atoms with van der Waals surface area (Å²) in [4.78, 5) is 0. The average molecular weight is 535 g/mol. The zero-order chi connectivity index (χ0) is 27.1. The Morgan fingerprint density at radius 3 is 2.18 bits per heavy atom. The molecule has 38 heavy (non-hydrogen) atoms. The van der Waals surface area contributed by atoms with Gasteiger partial charge in [-0.15, -0.1) is 0 Å². The zero-order valence-corrected chi connectivity index (χ0v) is 22.3. The number of halogens is 4. The highest BCUT2D eigenvalue weighted by atomic mass is 19.2. The summed E-state index contributed by atoms with van der Waals surface area (Å²) in [5.74, 6) is -3.76. The van der Waals surface area contributed by atoms with Crippen LogP contribution in [0.15, 0.2) is 30.3 Å². The van der Waals surface area contributed by atoms with Crippen molar-refractivity contribution in [3.8, 4) is 11.5 Å². The third-order valence-corrected chi connectivity index (χ3v) is 7.74. The van der Waals surface area contributed by atoms with Crippen molar-refractivity contribution in [3.63, 3.8) is 0 Å².